The molecule has 1 N–H and O–H groups in total. The highest BCUT2D eigenvalue weighted by Gasteiger charge is 2.12. The number of anilines is 1. The fourth-order valence-electron chi connectivity index (χ4n) is 1.70. The summed E-state index contributed by atoms with van der Waals surface area (Å²) in [4.78, 5) is 25.6. The molecule has 0 aliphatic carbocycles. The third kappa shape index (κ3) is 5.33. The Morgan fingerprint density at radius 2 is 1.65 bits per heavy atom. The van der Waals surface area contributed by atoms with Crippen molar-refractivity contribution < 1.29 is 13.8 Å². The van der Waals surface area contributed by atoms with E-state index in [4.69, 9.17) is 0 Å². The lowest BCUT2D eigenvalue weighted by Crippen LogP contribution is -2.34. The number of carbonyl (C=O) groups is 2. The smallest absolute Gasteiger partial charge is 0.321 e. The maximum absolute atomic E-state index is 12.1. The van der Waals surface area contributed by atoms with Crippen molar-refractivity contribution in [1.29, 1.82) is 0 Å². The van der Waals surface area contributed by atoms with Crippen molar-refractivity contribution in [3.05, 3.63) is 29.8 Å². The molecule has 1 unspecified atom stereocenters. The third-order valence-electron chi connectivity index (χ3n) is 3.36. The molecule has 7 nitrogen and oxygen atoms in total. The molecular formula is C15H24N4O3S. The van der Waals surface area contributed by atoms with Crippen LogP contribution in [0.4, 0.5) is 10.5 Å². The van der Waals surface area contributed by atoms with E-state index in [1.807, 2.05) is 13.8 Å². The molecule has 0 aliphatic heterocycles. The van der Waals surface area contributed by atoms with Crippen molar-refractivity contribution in [3.8, 4) is 0 Å². The normalized spacial score (nSPS) is 13.3. The standard InChI is InChI=1S/C15H24N4O3S/c1-6-19(7-2)15(21)16-13-10-8-12(9-11-13)14(20)17-23(5,22)18(3)4/h8-11H,6-7H2,1-5H3,(H,16,21). The summed E-state index contributed by atoms with van der Waals surface area (Å²) in [6.07, 6.45) is 1.41. The van der Waals surface area contributed by atoms with E-state index in [1.54, 1.807) is 43.3 Å². The van der Waals surface area contributed by atoms with Crippen LogP contribution in [0.15, 0.2) is 28.6 Å². The molecule has 0 saturated heterocycles. The second-order valence-electron chi connectivity index (χ2n) is 5.15. The number of carbonyl (C=O) groups excluding carboxylic acids is 2. The first-order chi connectivity index (χ1) is 10.7. The molecule has 23 heavy (non-hydrogen) atoms. The number of hydrogen-bond donors (Lipinski definition) is 1. The van der Waals surface area contributed by atoms with E-state index >= 15 is 0 Å². The molecule has 1 aromatic carbocycles. The van der Waals surface area contributed by atoms with Crippen LogP contribution in [0.5, 0.6) is 0 Å². The van der Waals surface area contributed by atoms with Gasteiger partial charge >= 0.3 is 6.03 Å². The van der Waals surface area contributed by atoms with E-state index in [9.17, 15) is 13.8 Å². The molecule has 128 valence electrons. The Hall–Kier alpha value is -1.93. The highest BCUT2D eigenvalue weighted by Crippen LogP contribution is 2.12. The Morgan fingerprint density at radius 1 is 1.13 bits per heavy atom. The zero-order valence-electron chi connectivity index (χ0n) is 14.2. The Labute approximate surface area is 138 Å². The van der Waals surface area contributed by atoms with Crippen LogP contribution >= 0.6 is 0 Å². The minimum atomic E-state index is -2.71. The van der Waals surface area contributed by atoms with Gasteiger partial charge in [-0.25, -0.2) is 13.3 Å². The number of nitrogens with one attached hydrogen (secondary N) is 1. The third-order valence-corrected chi connectivity index (χ3v) is 5.22. The van der Waals surface area contributed by atoms with E-state index in [2.05, 4.69) is 9.68 Å². The average Bonchev–Trinajstić information content (AvgIpc) is 2.48. The van der Waals surface area contributed by atoms with Crippen molar-refractivity contribution in [1.82, 2.24) is 9.21 Å². The van der Waals surface area contributed by atoms with Crippen molar-refractivity contribution in [2.24, 2.45) is 4.36 Å². The van der Waals surface area contributed by atoms with Gasteiger partial charge in [0.05, 0.1) is 0 Å². The van der Waals surface area contributed by atoms with Gasteiger partial charge in [-0.15, -0.1) is 4.36 Å². The van der Waals surface area contributed by atoms with Crippen LogP contribution < -0.4 is 5.32 Å². The fourth-order valence-corrected chi connectivity index (χ4v) is 2.27. The van der Waals surface area contributed by atoms with Crippen molar-refractivity contribution in [2.45, 2.75) is 13.8 Å². The van der Waals surface area contributed by atoms with Gasteiger partial charge in [-0.2, -0.15) is 0 Å². The largest absolute Gasteiger partial charge is 0.325 e. The summed E-state index contributed by atoms with van der Waals surface area (Å²) < 4.78 is 17.2. The van der Waals surface area contributed by atoms with Gasteiger partial charge in [0.25, 0.3) is 5.91 Å². The van der Waals surface area contributed by atoms with Crippen LogP contribution in [-0.2, 0) is 9.92 Å². The van der Waals surface area contributed by atoms with E-state index in [0.717, 1.165) is 0 Å². The molecule has 0 bridgehead atoms. The molecule has 0 aliphatic rings. The van der Waals surface area contributed by atoms with Gasteiger partial charge in [-0.1, -0.05) is 0 Å². The first kappa shape index (κ1) is 19.1. The molecule has 0 heterocycles. The average molecular weight is 340 g/mol. The van der Waals surface area contributed by atoms with Crippen LogP contribution in [0.2, 0.25) is 0 Å². The molecule has 1 rings (SSSR count). The summed E-state index contributed by atoms with van der Waals surface area (Å²) in [6.45, 7) is 5.04. The van der Waals surface area contributed by atoms with Crippen LogP contribution in [0, 0.1) is 0 Å². The first-order valence-corrected chi connectivity index (χ1v) is 9.19. The van der Waals surface area contributed by atoms with Gasteiger partial charge in [0.2, 0.25) is 0 Å². The molecule has 0 spiro atoms. The SMILES string of the molecule is CCN(CC)C(=O)Nc1ccc(C(=O)N=S(C)(=O)N(C)C)cc1. The Bertz CT molecular complexity index is 672. The van der Waals surface area contributed by atoms with Gasteiger partial charge in [-0.3, -0.25) is 4.79 Å². The number of nitrogens with zero attached hydrogens (tertiary/aromatic N) is 3. The second kappa shape index (κ2) is 8.07. The summed E-state index contributed by atoms with van der Waals surface area (Å²) in [7, 11) is 0.494. The summed E-state index contributed by atoms with van der Waals surface area (Å²) in [6, 6.07) is 6.15. The molecule has 0 aromatic heterocycles. The Balaban J connectivity index is 2.87. The highest BCUT2D eigenvalue weighted by molar-refractivity contribution is 7.90. The summed E-state index contributed by atoms with van der Waals surface area (Å²) in [5, 5.41) is 2.76. The lowest BCUT2D eigenvalue weighted by molar-refractivity contribution is 0.100. The van der Waals surface area contributed by atoms with Crippen molar-refractivity contribution in [3.63, 3.8) is 0 Å². The van der Waals surface area contributed by atoms with Gasteiger partial charge in [0.1, 0.15) is 9.92 Å². The van der Waals surface area contributed by atoms with Gasteiger partial charge < -0.3 is 10.2 Å². The van der Waals surface area contributed by atoms with Crippen LogP contribution in [0.3, 0.4) is 0 Å². The molecule has 1 atom stereocenters. The fraction of sp³-hybridized carbons (Fsp3) is 0.467. The molecule has 0 fully saturated rings. The van der Waals surface area contributed by atoms with Gasteiger partial charge in [0, 0.05) is 44.7 Å². The van der Waals surface area contributed by atoms with E-state index in [0.29, 0.717) is 24.3 Å². The van der Waals surface area contributed by atoms with Crippen molar-refractivity contribution in [2.75, 3.05) is 38.8 Å². The number of urea groups is 1. The summed E-state index contributed by atoms with van der Waals surface area (Å²) >= 11 is 0. The predicted molar refractivity (Wildman–Crippen MR) is 92.9 cm³/mol. The maximum atomic E-state index is 12.1. The number of amides is 3. The minimum absolute atomic E-state index is 0.192. The number of benzene rings is 1. The van der Waals surface area contributed by atoms with Gasteiger partial charge in [0.15, 0.2) is 0 Å². The zero-order chi connectivity index (χ0) is 17.6. The van der Waals surface area contributed by atoms with E-state index in [-0.39, 0.29) is 6.03 Å². The van der Waals surface area contributed by atoms with E-state index in [1.165, 1.54) is 10.6 Å². The Kier molecular flexibility index (Phi) is 6.71. The molecular weight excluding hydrogens is 316 g/mol. The van der Waals surface area contributed by atoms with Gasteiger partial charge in [-0.05, 0) is 38.1 Å². The molecule has 0 saturated carbocycles. The first-order valence-electron chi connectivity index (χ1n) is 7.31. The van der Waals surface area contributed by atoms with Crippen LogP contribution in [0.1, 0.15) is 24.2 Å². The van der Waals surface area contributed by atoms with Crippen LogP contribution in [0.25, 0.3) is 0 Å². The summed E-state index contributed by atoms with van der Waals surface area (Å²) in [5.41, 5.74) is 0.908. The maximum Gasteiger partial charge on any atom is 0.321 e. The monoisotopic (exact) mass is 340 g/mol. The van der Waals surface area contributed by atoms with Crippen LogP contribution in [-0.4, -0.2) is 58.8 Å². The minimum Gasteiger partial charge on any atom is -0.325 e. The lowest BCUT2D eigenvalue weighted by atomic mass is 10.2. The van der Waals surface area contributed by atoms with Crippen molar-refractivity contribution >= 4 is 27.5 Å². The quantitative estimate of drug-likeness (QED) is 0.892. The second-order valence-corrected chi connectivity index (χ2v) is 7.59. The summed E-state index contributed by atoms with van der Waals surface area (Å²) in [5.74, 6) is -0.548. The Morgan fingerprint density at radius 3 is 2.09 bits per heavy atom. The molecule has 0 radical (unpaired) electrons. The molecule has 3 amide bonds. The highest BCUT2D eigenvalue weighted by atomic mass is 32.2. The molecule has 1 aromatic rings. The number of rotatable bonds is 5. The molecule has 8 heteroatoms. The predicted octanol–water partition coefficient (Wildman–Crippen LogP) is 2.27. The number of hydrogen-bond acceptors (Lipinski definition) is 3. The zero-order valence-corrected chi connectivity index (χ0v) is 15.0. The lowest BCUT2D eigenvalue weighted by Gasteiger charge is -2.19. The van der Waals surface area contributed by atoms with E-state index < -0.39 is 15.8 Å². The topological polar surface area (TPSA) is 82.1 Å².